The Morgan fingerprint density at radius 1 is 1.11 bits per heavy atom. The number of nitrogens with one attached hydrogen (secondary N) is 2. The third kappa shape index (κ3) is 4.92. The molecule has 0 saturated carbocycles. The number of aliphatic carboxylic acids is 1. The number of ether oxygens (including phenoxy) is 2. The molecule has 3 N–H and O–H groups in total. The number of benzene rings is 2. The van der Waals surface area contributed by atoms with Gasteiger partial charge in [-0.05, 0) is 36.4 Å². The molecule has 148 valence electrons. The van der Waals surface area contributed by atoms with E-state index in [9.17, 15) is 9.59 Å². The molecule has 2 aromatic carbocycles. The molecule has 2 aromatic rings. The molecule has 8 nitrogen and oxygen atoms in total. The minimum atomic E-state index is -1.08. The van der Waals surface area contributed by atoms with Gasteiger partial charge in [-0.2, -0.15) is 0 Å². The molecule has 0 bridgehead atoms. The van der Waals surface area contributed by atoms with Crippen molar-refractivity contribution in [2.75, 3.05) is 50.1 Å². The van der Waals surface area contributed by atoms with E-state index in [1.807, 2.05) is 12.1 Å². The van der Waals surface area contributed by atoms with Crippen LogP contribution in [-0.4, -0.2) is 56.9 Å². The van der Waals surface area contributed by atoms with Gasteiger partial charge in [-0.15, -0.1) is 0 Å². The molecule has 1 aliphatic heterocycles. The molecule has 0 unspecified atom stereocenters. The standard InChI is InChI=1S/C20H23N3O5/c1-27-18-12-15(4-7-17(18)28-13-19(24)25)22-20(26)14-2-5-16(6-3-14)23-10-8-21-9-11-23/h2-7,12,21H,8-11,13H2,1H3,(H,22,26)(H,24,25). The third-order valence-corrected chi connectivity index (χ3v) is 4.38. The highest BCUT2D eigenvalue weighted by Crippen LogP contribution is 2.30. The maximum atomic E-state index is 12.5. The number of anilines is 2. The van der Waals surface area contributed by atoms with Gasteiger partial charge in [-0.1, -0.05) is 0 Å². The van der Waals surface area contributed by atoms with Crippen LogP contribution in [0.25, 0.3) is 0 Å². The highest BCUT2D eigenvalue weighted by molar-refractivity contribution is 6.04. The van der Waals surface area contributed by atoms with Crippen LogP contribution in [0.5, 0.6) is 11.5 Å². The normalized spacial score (nSPS) is 13.7. The summed E-state index contributed by atoms with van der Waals surface area (Å²) in [7, 11) is 1.45. The molecule has 3 rings (SSSR count). The Morgan fingerprint density at radius 3 is 2.46 bits per heavy atom. The van der Waals surface area contributed by atoms with Gasteiger partial charge in [0, 0.05) is 49.2 Å². The first kappa shape index (κ1) is 19.5. The van der Waals surface area contributed by atoms with Crippen molar-refractivity contribution in [3.63, 3.8) is 0 Å². The highest BCUT2D eigenvalue weighted by atomic mass is 16.5. The largest absolute Gasteiger partial charge is 0.493 e. The maximum absolute atomic E-state index is 12.5. The molecular formula is C20H23N3O5. The number of methoxy groups -OCH3 is 1. The average Bonchev–Trinajstić information content (AvgIpc) is 2.73. The van der Waals surface area contributed by atoms with Crippen molar-refractivity contribution in [1.29, 1.82) is 0 Å². The van der Waals surface area contributed by atoms with E-state index < -0.39 is 12.6 Å². The van der Waals surface area contributed by atoms with Crippen molar-refractivity contribution in [3.8, 4) is 11.5 Å². The van der Waals surface area contributed by atoms with Crippen LogP contribution in [0.4, 0.5) is 11.4 Å². The number of carbonyl (C=O) groups is 2. The highest BCUT2D eigenvalue weighted by Gasteiger charge is 2.13. The molecule has 1 saturated heterocycles. The summed E-state index contributed by atoms with van der Waals surface area (Å²) in [6, 6.07) is 12.3. The summed E-state index contributed by atoms with van der Waals surface area (Å²) in [5, 5.41) is 14.8. The zero-order valence-corrected chi connectivity index (χ0v) is 15.6. The van der Waals surface area contributed by atoms with Gasteiger partial charge in [-0.3, -0.25) is 4.79 Å². The lowest BCUT2D eigenvalue weighted by Gasteiger charge is -2.29. The Balaban J connectivity index is 1.65. The van der Waals surface area contributed by atoms with Crippen LogP contribution >= 0.6 is 0 Å². The first-order valence-electron chi connectivity index (χ1n) is 8.96. The second kappa shape index (κ2) is 9.09. The van der Waals surface area contributed by atoms with Crippen molar-refractivity contribution in [1.82, 2.24) is 5.32 Å². The molecule has 0 aromatic heterocycles. The predicted octanol–water partition coefficient (Wildman–Crippen LogP) is 1.82. The van der Waals surface area contributed by atoms with Crippen molar-refractivity contribution in [2.24, 2.45) is 0 Å². The van der Waals surface area contributed by atoms with Crippen molar-refractivity contribution >= 4 is 23.3 Å². The molecule has 0 radical (unpaired) electrons. The van der Waals surface area contributed by atoms with E-state index in [0.29, 0.717) is 22.7 Å². The number of amides is 1. The van der Waals surface area contributed by atoms with Gasteiger partial charge >= 0.3 is 5.97 Å². The number of hydrogen-bond donors (Lipinski definition) is 3. The molecule has 0 spiro atoms. The number of carboxylic acids is 1. The van der Waals surface area contributed by atoms with Gasteiger partial charge in [-0.25, -0.2) is 4.79 Å². The Labute approximate surface area is 163 Å². The minimum Gasteiger partial charge on any atom is -0.493 e. The van der Waals surface area contributed by atoms with Gasteiger partial charge in [0.15, 0.2) is 18.1 Å². The lowest BCUT2D eigenvalue weighted by molar-refractivity contribution is -0.139. The first-order valence-corrected chi connectivity index (χ1v) is 8.96. The number of piperazine rings is 1. The monoisotopic (exact) mass is 385 g/mol. The third-order valence-electron chi connectivity index (χ3n) is 4.38. The SMILES string of the molecule is COc1cc(NC(=O)c2ccc(N3CCNCC3)cc2)ccc1OCC(=O)O. The molecule has 0 aliphatic carbocycles. The molecule has 0 atom stereocenters. The summed E-state index contributed by atoms with van der Waals surface area (Å²) in [6.07, 6.45) is 0. The fourth-order valence-electron chi connectivity index (χ4n) is 2.95. The quantitative estimate of drug-likeness (QED) is 0.668. The summed E-state index contributed by atoms with van der Waals surface area (Å²) >= 11 is 0. The summed E-state index contributed by atoms with van der Waals surface area (Å²) in [5.41, 5.74) is 2.17. The van der Waals surface area contributed by atoms with Crippen LogP contribution in [-0.2, 0) is 4.79 Å². The second-order valence-corrected chi connectivity index (χ2v) is 6.29. The number of hydrogen-bond acceptors (Lipinski definition) is 6. The van der Waals surface area contributed by atoms with Gasteiger partial charge in [0.2, 0.25) is 0 Å². The fourth-order valence-corrected chi connectivity index (χ4v) is 2.95. The number of rotatable bonds is 7. The van der Waals surface area contributed by atoms with Crippen molar-refractivity contribution in [2.45, 2.75) is 0 Å². The molecule has 28 heavy (non-hydrogen) atoms. The Kier molecular flexibility index (Phi) is 6.33. The van der Waals surface area contributed by atoms with Gasteiger partial charge in [0.05, 0.1) is 7.11 Å². The van der Waals surface area contributed by atoms with Crippen LogP contribution in [0.1, 0.15) is 10.4 Å². The summed E-state index contributed by atoms with van der Waals surface area (Å²) in [4.78, 5) is 25.4. The Hall–Kier alpha value is -3.26. The molecule has 1 aliphatic rings. The van der Waals surface area contributed by atoms with Crippen LogP contribution in [0.15, 0.2) is 42.5 Å². The fraction of sp³-hybridized carbons (Fsp3) is 0.300. The molecule has 1 heterocycles. The maximum Gasteiger partial charge on any atom is 0.341 e. The summed E-state index contributed by atoms with van der Waals surface area (Å²) in [6.45, 7) is 3.33. The van der Waals surface area contributed by atoms with Crippen LogP contribution in [0.3, 0.4) is 0 Å². The van der Waals surface area contributed by atoms with Crippen LogP contribution in [0.2, 0.25) is 0 Å². The Morgan fingerprint density at radius 2 is 1.82 bits per heavy atom. The van der Waals surface area contributed by atoms with E-state index in [2.05, 4.69) is 15.5 Å². The predicted molar refractivity (Wildman–Crippen MR) is 106 cm³/mol. The van der Waals surface area contributed by atoms with Crippen LogP contribution in [0, 0.1) is 0 Å². The number of nitrogens with zero attached hydrogens (tertiary/aromatic N) is 1. The van der Waals surface area contributed by atoms with Crippen molar-refractivity contribution in [3.05, 3.63) is 48.0 Å². The van der Waals surface area contributed by atoms with E-state index in [1.165, 1.54) is 7.11 Å². The molecule has 1 fully saturated rings. The van der Waals surface area contributed by atoms with Gasteiger partial charge in [0.1, 0.15) is 0 Å². The zero-order valence-electron chi connectivity index (χ0n) is 15.6. The smallest absolute Gasteiger partial charge is 0.341 e. The lowest BCUT2D eigenvalue weighted by atomic mass is 10.1. The van der Waals surface area contributed by atoms with E-state index >= 15 is 0 Å². The first-order chi connectivity index (χ1) is 13.6. The topological polar surface area (TPSA) is 100 Å². The van der Waals surface area contributed by atoms with Gasteiger partial charge in [0.25, 0.3) is 5.91 Å². The molecule has 1 amide bonds. The lowest BCUT2D eigenvalue weighted by Crippen LogP contribution is -2.43. The van der Waals surface area contributed by atoms with Crippen LogP contribution < -0.4 is 25.0 Å². The second-order valence-electron chi connectivity index (χ2n) is 6.29. The molecular weight excluding hydrogens is 362 g/mol. The Bertz CT molecular complexity index is 832. The van der Waals surface area contributed by atoms with Crippen molar-refractivity contribution < 1.29 is 24.2 Å². The number of carboxylic acid groups (broad SMARTS) is 1. The molecule has 8 heteroatoms. The van der Waals surface area contributed by atoms with E-state index in [4.69, 9.17) is 14.6 Å². The summed E-state index contributed by atoms with van der Waals surface area (Å²) < 4.78 is 10.4. The van der Waals surface area contributed by atoms with E-state index in [0.717, 1.165) is 31.9 Å². The van der Waals surface area contributed by atoms with Gasteiger partial charge < -0.3 is 30.1 Å². The number of carbonyl (C=O) groups excluding carboxylic acids is 1. The van der Waals surface area contributed by atoms with E-state index in [-0.39, 0.29) is 5.91 Å². The zero-order chi connectivity index (χ0) is 19.9. The summed E-state index contributed by atoms with van der Waals surface area (Å²) in [5.74, 6) is -0.687. The minimum absolute atomic E-state index is 0.242. The van der Waals surface area contributed by atoms with E-state index in [1.54, 1.807) is 30.3 Å². The average molecular weight is 385 g/mol.